The van der Waals surface area contributed by atoms with E-state index >= 15 is 4.39 Å². The molecular weight excluding hydrogens is 890 g/mol. The molecule has 3 aliphatic rings. The number of rotatable bonds is 17. The third kappa shape index (κ3) is 10.1. The normalized spacial score (nSPS) is 27.6. The van der Waals surface area contributed by atoms with Gasteiger partial charge in [-0.1, -0.05) is 55.4 Å². The van der Waals surface area contributed by atoms with Gasteiger partial charge in [-0.3, -0.25) is 9.32 Å². The van der Waals surface area contributed by atoms with Gasteiger partial charge in [0.05, 0.1) is 38.6 Å². The predicted molar refractivity (Wildman–Crippen MR) is 228 cm³/mol. The molecule has 1 saturated carbocycles. The van der Waals surface area contributed by atoms with Crippen molar-refractivity contribution in [1.82, 2.24) is 24.1 Å². The number of nitriles is 1. The minimum Gasteiger partial charge on any atom is -0.474 e. The van der Waals surface area contributed by atoms with Crippen molar-refractivity contribution in [3.63, 3.8) is 0 Å². The SMILES string of the molecule is CC(C)[Si]1(C(C)C)OC[C@H]2O[C@@H](n3cc(F)c4c(=O)n(C)cnc43)[C@H](OP(=S)(OCCC#N)OC[C@H]3C[C@@H](Oc4ccncn4)C[C@@H]3O[P+](=O)O)[C@@H]2O[Si](C(C)C)(C(C)C)O1. The lowest BCUT2D eigenvalue weighted by Gasteiger charge is -2.51. The lowest BCUT2D eigenvalue weighted by Crippen LogP contribution is -2.65. The van der Waals surface area contributed by atoms with Crippen molar-refractivity contribution in [1.29, 1.82) is 5.26 Å². The molecule has 0 bridgehead atoms. The molecule has 0 amide bonds. The Hall–Kier alpha value is -2.46. The van der Waals surface area contributed by atoms with E-state index in [4.69, 9.17) is 52.3 Å². The zero-order valence-corrected chi connectivity index (χ0v) is 40.4. The quantitative estimate of drug-likeness (QED) is 0.0823. The van der Waals surface area contributed by atoms with E-state index in [0.29, 0.717) is 12.3 Å². The molecule has 0 radical (unpaired) electrons. The molecule has 1 N–H and O–H groups in total. The van der Waals surface area contributed by atoms with E-state index < -0.39 is 86.1 Å². The molecule has 18 nitrogen and oxygen atoms in total. The molecule has 6 rings (SSSR count). The van der Waals surface area contributed by atoms with Crippen molar-refractivity contribution >= 4 is 54.9 Å². The first kappa shape index (κ1) is 48.0. The summed E-state index contributed by atoms with van der Waals surface area (Å²) >= 11 is 6.14. The molecule has 336 valence electrons. The summed E-state index contributed by atoms with van der Waals surface area (Å²) in [5.41, 5.74) is -0.691. The smallest absolute Gasteiger partial charge is 0.474 e. The Morgan fingerprint density at radius 1 is 1.10 bits per heavy atom. The van der Waals surface area contributed by atoms with Gasteiger partial charge in [-0.2, -0.15) is 5.26 Å². The van der Waals surface area contributed by atoms with Gasteiger partial charge in [0.2, 0.25) is 5.88 Å². The van der Waals surface area contributed by atoms with Gasteiger partial charge < -0.3 is 40.6 Å². The van der Waals surface area contributed by atoms with Crippen molar-refractivity contribution < 1.29 is 54.4 Å². The van der Waals surface area contributed by atoms with Gasteiger partial charge in [-0.05, 0) is 40.4 Å². The van der Waals surface area contributed by atoms with Gasteiger partial charge in [0, 0.05) is 42.4 Å². The Bertz CT molecular complexity index is 2150. The highest BCUT2D eigenvalue weighted by Gasteiger charge is 2.63. The molecule has 3 fully saturated rings. The highest BCUT2D eigenvalue weighted by Crippen LogP contribution is 2.57. The van der Waals surface area contributed by atoms with E-state index in [1.165, 1.54) is 35.0 Å². The minimum absolute atomic E-state index is 0.00774. The summed E-state index contributed by atoms with van der Waals surface area (Å²) < 4.78 is 90.1. The maximum absolute atomic E-state index is 15.9. The molecule has 0 aromatic carbocycles. The largest absolute Gasteiger partial charge is 0.695 e. The molecule has 24 heteroatoms. The fraction of sp³-hybridized carbons (Fsp3) is 0.703. The Morgan fingerprint density at radius 2 is 1.80 bits per heavy atom. The Balaban J connectivity index is 1.42. The molecule has 2 aliphatic heterocycles. The Morgan fingerprint density at radius 3 is 2.43 bits per heavy atom. The lowest BCUT2D eigenvalue weighted by atomic mass is 10.1. The van der Waals surface area contributed by atoms with Gasteiger partial charge in [0.25, 0.3) is 5.56 Å². The topological polar surface area (TPSA) is 210 Å². The monoisotopic (exact) mass is 945 g/mol. The van der Waals surface area contributed by atoms with E-state index in [1.54, 1.807) is 6.07 Å². The summed E-state index contributed by atoms with van der Waals surface area (Å²) in [5.74, 6) is -1.02. The second-order valence-electron chi connectivity index (χ2n) is 16.8. The van der Waals surface area contributed by atoms with Crippen molar-refractivity contribution in [3.05, 3.63) is 47.3 Å². The van der Waals surface area contributed by atoms with Crippen LogP contribution in [0.3, 0.4) is 0 Å². The van der Waals surface area contributed by atoms with Crippen LogP contribution in [-0.2, 0) is 59.2 Å². The van der Waals surface area contributed by atoms with Crippen molar-refractivity contribution in [2.24, 2.45) is 13.0 Å². The molecule has 2 unspecified atom stereocenters. The van der Waals surface area contributed by atoms with Crippen LogP contribution in [0, 0.1) is 23.1 Å². The number of nitrogens with zero attached hydrogens (tertiary/aromatic N) is 6. The van der Waals surface area contributed by atoms with E-state index in [9.17, 15) is 19.5 Å². The zero-order chi connectivity index (χ0) is 44.4. The summed E-state index contributed by atoms with van der Waals surface area (Å²) in [4.78, 5) is 35.5. The van der Waals surface area contributed by atoms with Gasteiger partial charge in [0.15, 0.2) is 17.7 Å². The molecule has 0 spiro atoms. The fourth-order valence-corrected chi connectivity index (χ4v) is 22.4. The number of aromatic nitrogens is 5. The third-order valence-electron chi connectivity index (χ3n) is 11.6. The van der Waals surface area contributed by atoms with Gasteiger partial charge in [0.1, 0.15) is 42.2 Å². The van der Waals surface area contributed by atoms with Crippen LogP contribution < -0.4 is 10.3 Å². The van der Waals surface area contributed by atoms with Crippen molar-refractivity contribution in [2.75, 3.05) is 19.8 Å². The highest BCUT2D eigenvalue weighted by molar-refractivity contribution is 8.07. The summed E-state index contributed by atoms with van der Waals surface area (Å²) in [7, 11) is -7.87. The summed E-state index contributed by atoms with van der Waals surface area (Å²) in [6.07, 6.45) is 0.425. The standard InChI is InChI=1S/C37H55FN6O12P2SSi2/c1-22(2)60(23(3)4)50-19-30-33(55-61(56-60,24(5)6)25(7)8)34(37(52-30)44-17-28(38)32-35(44)42-21-43(9)36(32)45)54-58(59,48-14-10-12-39)49-18-26-15-27(16-29(26)53-57(46)47)51-31-11-13-40-20-41-31/h11,13,17,20-27,29-30,33-34,37H,10,14-16,18-19H2,1-9H3/p+1/t26-,27-,29+,30-,33-,34-,37-,58?/m1/s1. The number of hydrogen-bond acceptors (Lipinski definition) is 16. The maximum atomic E-state index is 15.9. The minimum atomic E-state index is -3.94. The first-order valence-corrected chi connectivity index (χ1v) is 28.1. The van der Waals surface area contributed by atoms with Crippen LogP contribution in [0.15, 0.2) is 35.9 Å². The molecular formula is C37H56FN6O12P2SSi2+. The molecule has 61 heavy (non-hydrogen) atoms. The van der Waals surface area contributed by atoms with Gasteiger partial charge >= 0.3 is 32.1 Å². The molecule has 3 aromatic rings. The molecule has 5 heterocycles. The van der Waals surface area contributed by atoms with Crippen LogP contribution in [0.2, 0.25) is 22.2 Å². The summed E-state index contributed by atoms with van der Waals surface area (Å²) in [5, 5.41) is 9.25. The second kappa shape index (κ2) is 19.7. The average molecular weight is 946 g/mol. The van der Waals surface area contributed by atoms with E-state index in [1.807, 2.05) is 6.07 Å². The van der Waals surface area contributed by atoms with E-state index in [0.717, 1.165) is 6.20 Å². The third-order valence-corrected chi connectivity index (χ3v) is 24.6. The van der Waals surface area contributed by atoms with Crippen LogP contribution in [0.1, 0.15) is 80.9 Å². The van der Waals surface area contributed by atoms with Gasteiger partial charge in [-0.15, -0.1) is 9.42 Å². The van der Waals surface area contributed by atoms with Crippen LogP contribution in [0.4, 0.5) is 4.39 Å². The first-order chi connectivity index (χ1) is 28.8. The number of aryl methyl sites for hydroxylation is 1. The van der Waals surface area contributed by atoms with Crippen LogP contribution in [-0.4, -0.2) is 96.4 Å². The van der Waals surface area contributed by atoms with Crippen LogP contribution in [0.25, 0.3) is 11.0 Å². The van der Waals surface area contributed by atoms with Crippen LogP contribution >= 0.6 is 15.0 Å². The van der Waals surface area contributed by atoms with Crippen molar-refractivity contribution in [3.8, 4) is 11.9 Å². The molecule has 3 aromatic heterocycles. The second-order valence-corrected chi connectivity index (χ2v) is 29.3. The van der Waals surface area contributed by atoms with Crippen LogP contribution in [0.5, 0.6) is 5.88 Å². The zero-order valence-electron chi connectivity index (χ0n) is 35.8. The average Bonchev–Trinajstić information content (AvgIpc) is 3.83. The van der Waals surface area contributed by atoms with Crippen molar-refractivity contribution in [2.45, 2.75) is 134 Å². The summed E-state index contributed by atoms with van der Waals surface area (Å²) in [6, 6.07) is 3.65. The van der Waals surface area contributed by atoms with E-state index in [2.05, 4.69) is 70.3 Å². The number of ether oxygens (including phenoxy) is 2. The Labute approximate surface area is 363 Å². The number of hydrogen-bond donors (Lipinski definition) is 1. The summed E-state index contributed by atoms with van der Waals surface area (Å²) in [6.45, 7) is 12.5. The molecule has 2 saturated heterocycles. The predicted octanol–water partition coefficient (Wildman–Crippen LogP) is 6.97. The fourth-order valence-electron chi connectivity index (χ4n) is 8.55. The number of fused-ring (bicyclic) bond motifs is 2. The molecule has 1 aliphatic carbocycles. The Kier molecular flexibility index (Phi) is 15.5. The highest BCUT2D eigenvalue weighted by atomic mass is 32.5. The van der Waals surface area contributed by atoms with Gasteiger partial charge in [-0.25, -0.2) is 19.3 Å². The van der Waals surface area contributed by atoms with E-state index in [-0.39, 0.29) is 65.9 Å². The molecule has 9 atom stereocenters. The first-order valence-electron chi connectivity index (χ1n) is 20.4. The maximum Gasteiger partial charge on any atom is 0.695 e. The lowest BCUT2D eigenvalue weighted by molar-refractivity contribution is -0.0568. The number of halogens is 1.